The van der Waals surface area contributed by atoms with Crippen LogP contribution in [0.3, 0.4) is 0 Å². The Morgan fingerprint density at radius 3 is 1.05 bits per heavy atom. The van der Waals surface area contributed by atoms with Gasteiger partial charge in [-0.2, -0.15) is 0 Å². The molecule has 0 radical (unpaired) electrons. The molecule has 0 aliphatic carbocycles. The molecule has 0 aliphatic heterocycles. The number of hydrogen-bond acceptors (Lipinski definition) is 9. The van der Waals surface area contributed by atoms with Gasteiger partial charge in [0.1, 0.15) is 0 Å². The molecule has 0 unspecified atom stereocenters. The summed E-state index contributed by atoms with van der Waals surface area (Å²) in [6.07, 6.45) is 0. The topological polar surface area (TPSA) is 13.0 Å². The molecule has 5 heterocycles. The van der Waals surface area contributed by atoms with Crippen LogP contribution in [0.1, 0.15) is 0 Å². The lowest BCUT2D eigenvalue weighted by molar-refractivity contribution is 1.29. The van der Waals surface area contributed by atoms with E-state index in [0.717, 1.165) is 56.9 Å². The highest BCUT2D eigenvalue weighted by molar-refractivity contribution is 7.28. The molecule has 0 spiro atoms. The van der Waals surface area contributed by atoms with Crippen molar-refractivity contribution < 1.29 is 0 Å². The molecule has 109 heavy (non-hydrogen) atoms. The van der Waals surface area contributed by atoms with Crippen LogP contribution in [-0.4, -0.2) is 0 Å². The van der Waals surface area contributed by atoms with Crippen LogP contribution in [0.2, 0.25) is 0 Å². The van der Waals surface area contributed by atoms with Gasteiger partial charge in [-0.15, -0.1) is 56.7 Å². The zero-order valence-corrected chi connectivity index (χ0v) is 62.9. The van der Waals surface area contributed by atoms with E-state index >= 15 is 0 Å². The Morgan fingerprint density at radius 2 is 0.495 bits per heavy atom. The molecule has 22 aromatic rings. The lowest BCUT2D eigenvalue weighted by Crippen LogP contribution is -2.10. The monoisotopic (exact) mass is 1480 g/mol. The summed E-state index contributed by atoms with van der Waals surface area (Å²) < 4.78 is 12.9. The minimum atomic E-state index is 1.13. The fraction of sp³-hybridized carbons (Fsp3) is 0. The molecule has 514 valence electrons. The van der Waals surface area contributed by atoms with Gasteiger partial charge >= 0.3 is 0 Å². The van der Waals surface area contributed by atoms with Crippen LogP contribution in [0.15, 0.2) is 388 Å². The molecule has 22 rings (SSSR count). The predicted octanol–water partition coefficient (Wildman–Crippen LogP) is 31.9. The van der Waals surface area contributed by atoms with Crippen LogP contribution in [0.5, 0.6) is 0 Å². The van der Waals surface area contributed by atoms with Crippen molar-refractivity contribution in [3.05, 3.63) is 388 Å². The fourth-order valence-electron chi connectivity index (χ4n) is 16.1. The number of fused-ring (bicyclic) bond motifs is 17. The molecule has 0 N–H and O–H groups in total. The molecule has 0 saturated carbocycles. The first-order valence-electron chi connectivity index (χ1n) is 36.7. The van der Waals surface area contributed by atoms with Gasteiger partial charge in [0.15, 0.2) is 0 Å². The van der Waals surface area contributed by atoms with Crippen LogP contribution in [0, 0.1) is 0 Å². The maximum Gasteiger partial charge on any atom is 0.0561 e. The number of nitrogens with zero attached hydrogens (tertiary/aromatic N) is 4. The van der Waals surface area contributed by atoms with Gasteiger partial charge in [-0.05, 0) is 192 Å². The number of benzene rings is 17. The van der Waals surface area contributed by atoms with Crippen molar-refractivity contribution >= 4 is 237 Å². The lowest BCUT2D eigenvalue weighted by atomic mass is 10.0. The van der Waals surface area contributed by atoms with Gasteiger partial charge in [0, 0.05) is 158 Å². The number of thiophene rings is 5. The molecule has 9 heteroatoms. The van der Waals surface area contributed by atoms with Crippen LogP contribution < -0.4 is 19.6 Å². The van der Waals surface area contributed by atoms with Gasteiger partial charge in [0.05, 0.1) is 11.4 Å². The summed E-state index contributed by atoms with van der Waals surface area (Å²) in [7, 11) is 0. The maximum atomic E-state index is 2.52. The second-order valence-electron chi connectivity index (χ2n) is 27.5. The molecule has 17 aromatic carbocycles. The van der Waals surface area contributed by atoms with E-state index in [9.17, 15) is 0 Å². The van der Waals surface area contributed by atoms with Crippen LogP contribution in [0.25, 0.3) is 123 Å². The molecule has 0 aliphatic rings. The average molecular weight is 1480 g/mol. The quantitative estimate of drug-likeness (QED) is 0.114. The van der Waals surface area contributed by atoms with Gasteiger partial charge in [-0.3, -0.25) is 0 Å². The molecule has 0 amide bonds. The zero-order valence-electron chi connectivity index (χ0n) is 58.8. The normalized spacial score (nSPS) is 11.7. The third kappa shape index (κ3) is 11.5. The first kappa shape index (κ1) is 64.7. The number of hydrogen-bond donors (Lipinski definition) is 0. The van der Waals surface area contributed by atoms with Crippen molar-refractivity contribution in [1.29, 1.82) is 0 Å². The highest BCUT2D eigenvalue weighted by Crippen LogP contribution is 2.53. The summed E-state index contributed by atoms with van der Waals surface area (Å²) in [5.74, 6) is 0. The third-order valence-corrected chi connectivity index (χ3v) is 26.8. The second-order valence-corrected chi connectivity index (χ2v) is 32.9. The molecule has 0 saturated heterocycles. The summed E-state index contributed by atoms with van der Waals surface area (Å²) in [4.78, 5) is 9.67. The molecular weight excluding hydrogens is 1420 g/mol. The van der Waals surface area contributed by atoms with Gasteiger partial charge in [0.25, 0.3) is 0 Å². The van der Waals surface area contributed by atoms with Crippen LogP contribution in [-0.2, 0) is 0 Å². The predicted molar refractivity (Wildman–Crippen MR) is 479 cm³/mol. The van der Waals surface area contributed by atoms with Crippen LogP contribution >= 0.6 is 56.7 Å². The number of rotatable bonds is 13. The number of anilines is 12. The largest absolute Gasteiger partial charge is 0.310 e. The fourth-order valence-corrected chi connectivity index (χ4v) is 21.9. The molecule has 0 bridgehead atoms. The minimum Gasteiger partial charge on any atom is -0.310 e. The first-order valence-corrected chi connectivity index (χ1v) is 40.8. The lowest BCUT2D eigenvalue weighted by Gasteiger charge is -2.27. The Morgan fingerprint density at radius 1 is 0.156 bits per heavy atom. The van der Waals surface area contributed by atoms with E-state index in [4.69, 9.17) is 0 Å². The Bertz CT molecular complexity index is 7130. The van der Waals surface area contributed by atoms with Crippen molar-refractivity contribution in [2.75, 3.05) is 19.6 Å². The van der Waals surface area contributed by atoms with E-state index < -0.39 is 0 Å². The van der Waals surface area contributed by atoms with E-state index in [2.05, 4.69) is 408 Å². The Labute approximate surface area is 650 Å². The molecule has 5 aromatic heterocycles. The van der Waals surface area contributed by atoms with E-state index in [1.165, 1.54) is 134 Å². The van der Waals surface area contributed by atoms with Gasteiger partial charge in [0.2, 0.25) is 0 Å². The van der Waals surface area contributed by atoms with Gasteiger partial charge < -0.3 is 19.6 Å². The molecule has 0 atom stereocenters. The second kappa shape index (κ2) is 27.3. The van der Waals surface area contributed by atoms with Crippen molar-refractivity contribution in [2.45, 2.75) is 0 Å². The van der Waals surface area contributed by atoms with E-state index in [0.29, 0.717) is 0 Å². The maximum absolute atomic E-state index is 2.52. The minimum absolute atomic E-state index is 1.13. The Balaban J connectivity index is 0.000000139. The summed E-state index contributed by atoms with van der Waals surface area (Å²) in [6, 6.07) is 142. The highest BCUT2D eigenvalue weighted by Gasteiger charge is 2.26. The van der Waals surface area contributed by atoms with Crippen molar-refractivity contribution in [3.8, 4) is 11.1 Å². The SMILES string of the molecule is c1ccc(-c2cccc(N(c3ccc4sc5ccccc5c4c3)c3cccc4sc5cc(N(c6ccccc6)c6ccccc6)ccc5c34)c2)cc1.c1ccc(N(c2ccccc2)c2ccc3c(c2)sc2c4ccccc4cc(N(c4ccc5c(c4)sc4ccccc45)c4ccc5sc6ccccc6c5c4)c32)cc1. The summed E-state index contributed by atoms with van der Waals surface area (Å²) in [5, 5.41) is 15.4. The van der Waals surface area contributed by atoms with Crippen LogP contribution in [0.4, 0.5) is 68.2 Å². The Hall–Kier alpha value is -12.7. The van der Waals surface area contributed by atoms with Gasteiger partial charge in [-0.1, -0.05) is 218 Å². The third-order valence-electron chi connectivity index (χ3n) is 21.0. The van der Waals surface area contributed by atoms with E-state index in [1.54, 1.807) is 0 Å². The Kier molecular flexibility index (Phi) is 16.2. The number of para-hydroxylation sites is 4. The van der Waals surface area contributed by atoms with Crippen molar-refractivity contribution in [2.24, 2.45) is 0 Å². The van der Waals surface area contributed by atoms with E-state index in [1.807, 2.05) is 56.7 Å². The smallest absolute Gasteiger partial charge is 0.0561 e. The summed E-state index contributed by atoms with van der Waals surface area (Å²) in [5.41, 5.74) is 16.1. The molecule has 4 nitrogen and oxygen atoms in total. The average Bonchev–Trinajstić information content (AvgIpc) is 1.59. The zero-order chi connectivity index (χ0) is 71.9. The first-order chi connectivity index (χ1) is 54.0. The molecule has 0 fully saturated rings. The standard InChI is InChI=1S/C52H32N2S3.C48H32N2S2/c1-3-14-34(15-4-1)53(35-16-5-2-6-17-35)37-24-27-43-50(31-37)57-52-39-18-8-7-13-33(39)29-45(51(43)52)54(36-25-28-48-44(30-36)41-20-10-12-22-47(41)55-48)38-23-26-42-40-19-9-11-21-46(40)56-49(42)32-38;1-4-14-33(15-5-1)34-16-12-21-37(30-34)50(38-27-29-45-42(31-38)40-22-10-11-24-44(40)51-45)43-23-13-25-46-48(43)41-28-26-39(32-47(41)52-46)49(35-17-6-2-7-18-35)36-19-8-3-9-20-36/h1-32H;1-32H. The summed E-state index contributed by atoms with van der Waals surface area (Å²) >= 11 is 9.35. The summed E-state index contributed by atoms with van der Waals surface area (Å²) in [6.45, 7) is 0. The van der Waals surface area contributed by atoms with Gasteiger partial charge in [-0.25, -0.2) is 0 Å². The van der Waals surface area contributed by atoms with Crippen molar-refractivity contribution in [3.63, 3.8) is 0 Å². The highest BCUT2D eigenvalue weighted by atomic mass is 32.1. The molecular formula is C100H64N4S5. The van der Waals surface area contributed by atoms with E-state index in [-0.39, 0.29) is 0 Å². The van der Waals surface area contributed by atoms with Crippen molar-refractivity contribution in [1.82, 2.24) is 0 Å².